The van der Waals surface area contributed by atoms with Crippen LogP contribution in [0.4, 0.5) is 8.78 Å². The van der Waals surface area contributed by atoms with Crippen molar-refractivity contribution in [2.45, 2.75) is 45.0 Å². The Morgan fingerprint density at radius 2 is 2.00 bits per heavy atom. The van der Waals surface area contributed by atoms with E-state index >= 15 is 0 Å². The van der Waals surface area contributed by atoms with Crippen LogP contribution < -0.4 is 10.1 Å². The van der Waals surface area contributed by atoms with Crippen molar-refractivity contribution in [3.63, 3.8) is 0 Å². The maximum absolute atomic E-state index is 14.4. The van der Waals surface area contributed by atoms with Gasteiger partial charge >= 0.3 is 0 Å². The van der Waals surface area contributed by atoms with Crippen molar-refractivity contribution in [1.82, 2.24) is 10.2 Å². The van der Waals surface area contributed by atoms with Gasteiger partial charge in [-0.2, -0.15) is 8.78 Å². The zero-order valence-corrected chi connectivity index (χ0v) is 16.1. The van der Waals surface area contributed by atoms with Gasteiger partial charge in [-0.15, -0.1) is 12.4 Å². The lowest BCUT2D eigenvalue weighted by Gasteiger charge is -2.27. The molecule has 1 aromatic carbocycles. The zero-order chi connectivity index (χ0) is 18.1. The van der Waals surface area contributed by atoms with Gasteiger partial charge in [-0.1, -0.05) is 25.5 Å². The third-order valence-corrected chi connectivity index (χ3v) is 4.36. The van der Waals surface area contributed by atoms with Gasteiger partial charge in [0.1, 0.15) is 5.75 Å². The molecule has 0 spiro atoms. The Balaban J connectivity index is 0.00000338. The molecule has 1 heterocycles. The van der Waals surface area contributed by atoms with Gasteiger partial charge in [-0.05, 0) is 37.8 Å². The third kappa shape index (κ3) is 7.08. The molecule has 1 N–H and O–H groups in total. The number of benzene rings is 1. The maximum atomic E-state index is 14.4. The van der Waals surface area contributed by atoms with Gasteiger partial charge in [0.15, 0.2) is 0 Å². The van der Waals surface area contributed by atoms with Crippen LogP contribution in [0, 0.1) is 0 Å². The molecule has 1 saturated heterocycles. The molecule has 1 amide bonds. The molecule has 1 fully saturated rings. The smallest absolute Gasteiger partial charge is 0.285 e. The highest BCUT2D eigenvalue weighted by molar-refractivity contribution is 5.85. The molecule has 1 aliphatic rings. The predicted octanol–water partition coefficient (Wildman–Crippen LogP) is 3.98. The first-order valence-electron chi connectivity index (χ1n) is 9.12. The minimum absolute atomic E-state index is 0. The molecule has 0 radical (unpaired) electrons. The highest BCUT2D eigenvalue weighted by Gasteiger charge is 2.32. The van der Waals surface area contributed by atoms with Crippen molar-refractivity contribution in [2.24, 2.45) is 0 Å². The van der Waals surface area contributed by atoms with Crippen LogP contribution in [0.5, 0.6) is 5.75 Å². The number of rotatable bonds is 9. The molecule has 0 atom stereocenters. The molecule has 7 heteroatoms. The van der Waals surface area contributed by atoms with Crippen LogP contribution in [0.2, 0.25) is 0 Å². The summed E-state index contributed by atoms with van der Waals surface area (Å²) < 4.78 is 34.2. The molecule has 1 aliphatic heterocycles. The lowest BCUT2D eigenvalue weighted by atomic mass is 10.1. The molecular formula is C19H29ClF2N2O2. The number of nitrogens with zero attached hydrogens (tertiary/aromatic N) is 1. The lowest BCUT2D eigenvalue weighted by molar-refractivity contribution is -0.131. The molecule has 4 nitrogen and oxygen atoms in total. The summed E-state index contributed by atoms with van der Waals surface area (Å²) in [4.78, 5) is 13.8. The van der Waals surface area contributed by atoms with E-state index in [1.54, 1.807) is 17.0 Å². The second kappa shape index (κ2) is 11.3. The van der Waals surface area contributed by atoms with E-state index in [0.717, 1.165) is 45.2 Å². The number of likely N-dealkylation sites (tertiary alicyclic amines) is 1. The Morgan fingerprint density at radius 1 is 1.27 bits per heavy atom. The summed E-state index contributed by atoms with van der Waals surface area (Å²) >= 11 is 0. The van der Waals surface area contributed by atoms with E-state index in [4.69, 9.17) is 4.74 Å². The number of hydrogen-bond donors (Lipinski definition) is 1. The SMILES string of the molecule is CCCCOc1cccc(C(F)(F)CNCC(=O)N2CCCCC2)c1.Cl. The van der Waals surface area contributed by atoms with Gasteiger partial charge in [0.2, 0.25) is 5.91 Å². The minimum Gasteiger partial charge on any atom is -0.494 e. The normalized spacial score (nSPS) is 14.7. The number of carbonyl (C=O) groups excluding carboxylic acids is 1. The van der Waals surface area contributed by atoms with Crippen molar-refractivity contribution >= 4 is 18.3 Å². The first-order valence-corrected chi connectivity index (χ1v) is 9.12. The van der Waals surface area contributed by atoms with Crippen LogP contribution in [0.1, 0.15) is 44.6 Å². The average Bonchev–Trinajstić information content (AvgIpc) is 2.63. The molecule has 26 heavy (non-hydrogen) atoms. The third-order valence-electron chi connectivity index (χ3n) is 4.36. The van der Waals surface area contributed by atoms with Gasteiger partial charge in [0.25, 0.3) is 5.92 Å². The van der Waals surface area contributed by atoms with Gasteiger partial charge in [-0.25, -0.2) is 0 Å². The molecule has 2 rings (SSSR count). The van der Waals surface area contributed by atoms with Crippen molar-refractivity contribution in [3.05, 3.63) is 29.8 Å². The minimum atomic E-state index is -3.05. The van der Waals surface area contributed by atoms with Gasteiger partial charge in [0, 0.05) is 18.7 Å². The Morgan fingerprint density at radius 3 is 2.69 bits per heavy atom. The fourth-order valence-electron chi connectivity index (χ4n) is 2.83. The highest BCUT2D eigenvalue weighted by Crippen LogP contribution is 2.29. The number of unbranched alkanes of at least 4 members (excludes halogenated alkanes) is 1. The predicted molar refractivity (Wildman–Crippen MR) is 101 cm³/mol. The molecular weight excluding hydrogens is 362 g/mol. The number of amides is 1. The average molecular weight is 391 g/mol. The van der Waals surface area contributed by atoms with Gasteiger partial charge < -0.3 is 15.0 Å². The topological polar surface area (TPSA) is 41.6 Å². The molecule has 0 aliphatic carbocycles. The Bertz CT molecular complexity index is 552. The van der Waals surface area contributed by atoms with Crippen LogP contribution in [0.15, 0.2) is 24.3 Å². The number of nitrogens with one attached hydrogen (secondary N) is 1. The van der Waals surface area contributed by atoms with E-state index < -0.39 is 12.5 Å². The summed E-state index contributed by atoms with van der Waals surface area (Å²) in [5, 5.41) is 2.61. The fourth-order valence-corrected chi connectivity index (χ4v) is 2.83. The first-order chi connectivity index (χ1) is 12.0. The Hall–Kier alpha value is -1.40. The van der Waals surface area contributed by atoms with Gasteiger partial charge in [-0.3, -0.25) is 4.79 Å². The Kier molecular flexibility index (Phi) is 9.88. The van der Waals surface area contributed by atoms with E-state index in [1.165, 1.54) is 12.1 Å². The number of piperidine rings is 1. The van der Waals surface area contributed by atoms with Crippen LogP contribution >= 0.6 is 12.4 Å². The van der Waals surface area contributed by atoms with Crippen molar-refractivity contribution in [1.29, 1.82) is 0 Å². The largest absolute Gasteiger partial charge is 0.494 e. The first kappa shape index (κ1) is 22.6. The standard InChI is InChI=1S/C19H28F2N2O2.ClH/c1-2-3-12-25-17-9-7-8-16(13-17)19(20,21)15-22-14-18(24)23-10-5-4-6-11-23;/h7-9,13,22H,2-6,10-12,14-15H2,1H3;1H. The van der Waals surface area contributed by atoms with E-state index in [9.17, 15) is 13.6 Å². The van der Waals surface area contributed by atoms with E-state index in [2.05, 4.69) is 5.32 Å². The second-order valence-electron chi connectivity index (χ2n) is 6.48. The monoisotopic (exact) mass is 390 g/mol. The van der Waals surface area contributed by atoms with Crippen LogP contribution in [-0.4, -0.2) is 43.6 Å². The van der Waals surface area contributed by atoms with Crippen molar-refractivity contribution < 1.29 is 18.3 Å². The van der Waals surface area contributed by atoms with Crippen LogP contribution in [-0.2, 0) is 10.7 Å². The van der Waals surface area contributed by atoms with Crippen LogP contribution in [0.3, 0.4) is 0 Å². The van der Waals surface area contributed by atoms with Crippen LogP contribution in [0.25, 0.3) is 0 Å². The van der Waals surface area contributed by atoms with E-state index in [-0.39, 0.29) is 30.4 Å². The number of alkyl halides is 2. The molecule has 1 aromatic rings. The lowest BCUT2D eigenvalue weighted by Crippen LogP contribution is -2.43. The zero-order valence-electron chi connectivity index (χ0n) is 15.3. The fraction of sp³-hybridized carbons (Fsp3) is 0.632. The summed E-state index contributed by atoms with van der Waals surface area (Å²) in [5.74, 6) is -2.70. The van der Waals surface area contributed by atoms with Gasteiger partial charge in [0.05, 0.1) is 19.7 Å². The van der Waals surface area contributed by atoms with E-state index in [1.807, 2.05) is 6.92 Å². The summed E-state index contributed by atoms with van der Waals surface area (Å²) in [7, 11) is 0. The maximum Gasteiger partial charge on any atom is 0.285 e. The number of ether oxygens (including phenoxy) is 1. The number of halogens is 3. The molecule has 0 saturated carbocycles. The number of hydrogen-bond acceptors (Lipinski definition) is 3. The summed E-state index contributed by atoms with van der Waals surface area (Å²) in [6.45, 7) is 3.41. The molecule has 0 aromatic heterocycles. The summed E-state index contributed by atoms with van der Waals surface area (Å²) in [5.41, 5.74) is -0.0978. The highest BCUT2D eigenvalue weighted by atomic mass is 35.5. The molecule has 0 unspecified atom stereocenters. The number of carbonyl (C=O) groups is 1. The van der Waals surface area contributed by atoms with Crippen molar-refractivity contribution in [3.8, 4) is 5.75 Å². The summed E-state index contributed by atoms with van der Waals surface area (Å²) in [6, 6.07) is 6.02. The Labute approximate surface area is 160 Å². The van der Waals surface area contributed by atoms with E-state index in [0.29, 0.717) is 12.4 Å². The second-order valence-corrected chi connectivity index (χ2v) is 6.48. The summed E-state index contributed by atoms with van der Waals surface area (Å²) in [6.07, 6.45) is 5.00. The molecule has 148 valence electrons. The quantitative estimate of drug-likeness (QED) is 0.648. The van der Waals surface area contributed by atoms with Crippen molar-refractivity contribution in [2.75, 3.05) is 32.8 Å². The molecule has 0 bridgehead atoms.